The Bertz CT molecular complexity index is 671. The summed E-state index contributed by atoms with van der Waals surface area (Å²) in [6.07, 6.45) is 5.32. The number of halogens is 1. The van der Waals surface area contributed by atoms with Crippen molar-refractivity contribution in [3.05, 3.63) is 42.3 Å². The summed E-state index contributed by atoms with van der Waals surface area (Å²) in [6, 6.07) is 9.88. The monoisotopic (exact) mass is 470 g/mol. The van der Waals surface area contributed by atoms with E-state index in [1.807, 2.05) is 30.3 Å². The van der Waals surface area contributed by atoms with Crippen LogP contribution in [0.2, 0.25) is 0 Å². The van der Waals surface area contributed by atoms with Crippen molar-refractivity contribution in [3.63, 3.8) is 0 Å². The van der Waals surface area contributed by atoms with Crippen molar-refractivity contribution in [2.45, 2.75) is 25.8 Å². The molecule has 1 aliphatic rings. The molecule has 2 N–H and O–H groups in total. The number of nitrogens with one attached hydrogen (secondary N) is 2. The summed E-state index contributed by atoms with van der Waals surface area (Å²) >= 11 is 0. The van der Waals surface area contributed by atoms with Crippen LogP contribution in [0.3, 0.4) is 0 Å². The van der Waals surface area contributed by atoms with Crippen LogP contribution in [0.25, 0.3) is 11.5 Å². The number of guanidine groups is 1. The maximum atomic E-state index is 5.62. The molecule has 6 nitrogen and oxygen atoms in total. The molecular formula is C19H27IN4O2. The Balaban J connectivity index is 0.00000243. The van der Waals surface area contributed by atoms with Crippen LogP contribution in [0.1, 0.15) is 25.0 Å². The summed E-state index contributed by atoms with van der Waals surface area (Å²) in [6.45, 7) is 3.11. The molecule has 142 valence electrons. The number of oxazole rings is 1. The molecule has 0 aliphatic heterocycles. The maximum Gasteiger partial charge on any atom is 0.226 e. The topological polar surface area (TPSA) is 71.7 Å². The first-order valence-corrected chi connectivity index (χ1v) is 8.87. The van der Waals surface area contributed by atoms with E-state index >= 15 is 0 Å². The van der Waals surface area contributed by atoms with Gasteiger partial charge in [0.1, 0.15) is 6.26 Å². The molecule has 1 heterocycles. The van der Waals surface area contributed by atoms with Crippen molar-refractivity contribution in [2.24, 2.45) is 10.9 Å². The second kappa shape index (κ2) is 11.2. The molecule has 0 radical (unpaired) electrons. The number of hydrogen-bond acceptors (Lipinski definition) is 4. The van der Waals surface area contributed by atoms with Crippen LogP contribution in [0.15, 0.2) is 46.0 Å². The van der Waals surface area contributed by atoms with Gasteiger partial charge in [0.05, 0.1) is 12.2 Å². The van der Waals surface area contributed by atoms with Crippen LogP contribution in [0, 0.1) is 5.92 Å². The maximum absolute atomic E-state index is 5.62. The third-order valence-electron chi connectivity index (χ3n) is 4.04. The highest BCUT2D eigenvalue weighted by atomic mass is 127. The molecular weight excluding hydrogens is 443 g/mol. The summed E-state index contributed by atoms with van der Waals surface area (Å²) in [5.41, 5.74) is 1.82. The SMILES string of the molecule is CN=C(NCCCOCC1CC1)NCc1coc(-c2ccccc2)n1.I. The average Bonchev–Trinajstić information content (AvgIpc) is 3.36. The van der Waals surface area contributed by atoms with E-state index in [-0.39, 0.29) is 24.0 Å². The van der Waals surface area contributed by atoms with Crippen LogP contribution >= 0.6 is 24.0 Å². The fourth-order valence-corrected chi connectivity index (χ4v) is 2.41. The van der Waals surface area contributed by atoms with E-state index < -0.39 is 0 Å². The van der Waals surface area contributed by atoms with E-state index in [0.717, 1.165) is 49.3 Å². The summed E-state index contributed by atoms with van der Waals surface area (Å²) in [4.78, 5) is 8.72. The summed E-state index contributed by atoms with van der Waals surface area (Å²) in [5.74, 6) is 2.21. The largest absolute Gasteiger partial charge is 0.444 e. The van der Waals surface area contributed by atoms with Crippen LogP contribution in [-0.4, -0.2) is 37.7 Å². The zero-order valence-corrected chi connectivity index (χ0v) is 17.4. The van der Waals surface area contributed by atoms with Gasteiger partial charge in [0, 0.05) is 32.4 Å². The minimum absolute atomic E-state index is 0. The molecule has 2 aromatic rings. The first kappa shape index (κ1) is 20.7. The van der Waals surface area contributed by atoms with Crippen molar-refractivity contribution < 1.29 is 9.15 Å². The lowest BCUT2D eigenvalue weighted by atomic mass is 10.2. The van der Waals surface area contributed by atoms with E-state index in [0.29, 0.717) is 12.4 Å². The molecule has 3 rings (SSSR count). The summed E-state index contributed by atoms with van der Waals surface area (Å²) in [7, 11) is 1.76. The Morgan fingerprint density at radius 3 is 2.81 bits per heavy atom. The highest BCUT2D eigenvalue weighted by Gasteiger charge is 2.20. The minimum Gasteiger partial charge on any atom is -0.444 e. The zero-order chi connectivity index (χ0) is 17.3. The quantitative estimate of drug-likeness (QED) is 0.254. The molecule has 0 spiro atoms. The fraction of sp³-hybridized carbons (Fsp3) is 0.474. The Labute approximate surface area is 171 Å². The average molecular weight is 470 g/mol. The zero-order valence-electron chi connectivity index (χ0n) is 15.1. The van der Waals surface area contributed by atoms with Crippen LogP contribution in [0.4, 0.5) is 0 Å². The molecule has 0 saturated heterocycles. The lowest BCUT2D eigenvalue weighted by Gasteiger charge is -2.10. The van der Waals surface area contributed by atoms with Gasteiger partial charge in [0.2, 0.25) is 5.89 Å². The van der Waals surface area contributed by atoms with E-state index in [4.69, 9.17) is 9.15 Å². The van der Waals surface area contributed by atoms with Gasteiger partial charge in [-0.2, -0.15) is 0 Å². The molecule has 1 saturated carbocycles. The second-order valence-corrected chi connectivity index (χ2v) is 6.23. The smallest absolute Gasteiger partial charge is 0.226 e. The first-order valence-electron chi connectivity index (χ1n) is 8.87. The number of rotatable bonds is 9. The lowest BCUT2D eigenvalue weighted by Crippen LogP contribution is -2.37. The van der Waals surface area contributed by atoms with Crippen molar-refractivity contribution in [1.29, 1.82) is 0 Å². The molecule has 1 aliphatic carbocycles. The normalized spacial score (nSPS) is 14.0. The van der Waals surface area contributed by atoms with Gasteiger partial charge in [0.15, 0.2) is 5.96 Å². The van der Waals surface area contributed by atoms with E-state index in [1.54, 1.807) is 13.3 Å². The lowest BCUT2D eigenvalue weighted by molar-refractivity contribution is 0.123. The minimum atomic E-state index is 0. The summed E-state index contributed by atoms with van der Waals surface area (Å²) < 4.78 is 11.2. The highest BCUT2D eigenvalue weighted by molar-refractivity contribution is 14.0. The Hall–Kier alpha value is -1.61. The van der Waals surface area contributed by atoms with Gasteiger partial charge >= 0.3 is 0 Å². The van der Waals surface area contributed by atoms with E-state index in [1.165, 1.54) is 12.8 Å². The van der Waals surface area contributed by atoms with Crippen LogP contribution < -0.4 is 10.6 Å². The number of hydrogen-bond donors (Lipinski definition) is 2. The Morgan fingerprint density at radius 1 is 1.27 bits per heavy atom. The number of benzene rings is 1. The number of nitrogens with zero attached hydrogens (tertiary/aromatic N) is 2. The molecule has 0 bridgehead atoms. The third kappa shape index (κ3) is 6.95. The van der Waals surface area contributed by atoms with Gasteiger partial charge in [0.25, 0.3) is 0 Å². The van der Waals surface area contributed by atoms with Gasteiger partial charge in [-0.15, -0.1) is 24.0 Å². The van der Waals surface area contributed by atoms with E-state index in [2.05, 4.69) is 20.6 Å². The van der Waals surface area contributed by atoms with Gasteiger partial charge in [-0.3, -0.25) is 4.99 Å². The van der Waals surface area contributed by atoms with Gasteiger partial charge < -0.3 is 19.8 Å². The molecule has 7 heteroatoms. The molecule has 0 amide bonds. The first-order chi connectivity index (χ1) is 12.3. The molecule has 0 atom stereocenters. The highest BCUT2D eigenvalue weighted by Crippen LogP contribution is 2.28. The van der Waals surface area contributed by atoms with Crippen LogP contribution in [-0.2, 0) is 11.3 Å². The van der Waals surface area contributed by atoms with Gasteiger partial charge in [-0.25, -0.2) is 4.98 Å². The van der Waals surface area contributed by atoms with Gasteiger partial charge in [-0.05, 0) is 37.3 Å². The predicted octanol–water partition coefficient (Wildman–Crippen LogP) is 3.44. The number of aromatic nitrogens is 1. The molecule has 0 unspecified atom stereocenters. The van der Waals surface area contributed by atoms with Gasteiger partial charge in [-0.1, -0.05) is 18.2 Å². The van der Waals surface area contributed by atoms with Crippen molar-refractivity contribution in [2.75, 3.05) is 26.8 Å². The summed E-state index contributed by atoms with van der Waals surface area (Å²) in [5, 5.41) is 6.53. The third-order valence-corrected chi connectivity index (χ3v) is 4.04. The second-order valence-electron chi connectivity index (χ2n) is 6.23. The molecule has 1 aromatic heterocycles. The predicted molar refractivity (Wildman–Crippen MR) is 114 cm³/mol. The van der Waals surface area contributed by atoms with Crippen molar-refractivity contribution in [3.8, 4) is 11.5 Å². The van der Waals surface area contributed by atoms with E-state index in [9.17, 15) is 0 Å². The fourth-order valence-electron chi connectivity index (χ4n) is 2.41. The number of aliphatic imine (C=N–C) groups is 1. The molecule has 1 fully saturated rings. The molecule has 1 aromatic carbocycles. The van der Waals surface area contributed by atoms with Crippen molar-refractivity contribution in [1.82, 2.24) is 15.6 Å². The van der Waals surface area contributed by atoms with Crippen LogP contribution in [0.5, 0.6) is 0 Å². The number of ether oxygens (including phenoxy) is 1. The Kier molecular flexibility index (Phi) is 8.90. The molecule has 26 heavy (non-hydrogen) atoms. The van der Waals surface area contributed by atoms with Crippen molar-refractivity contribution >= 4 is 29.9 Å². The Morgan fingerprint density at radius 2 is 2.08 bits per heavy atom. The standard InChI is InChI=1S/C19H26N4O2.HI/c1-20-19(21-10-5-11-24-13-15-8-9-15)22-12-17-14-25-18(23-17)16-6-3-2-4-7-16;/h2-4,6-7,14-15H,5,8-13H2,1H3,(H2,20,21,22);1H.